The third kappa shape index (κ3) is 3.04. The Hall–Kier alpha value is -2.63. The van der Waals surface area contributed by atoms with E-state index in [1.807, 2.05) is 32.9 Å². The van der Waals surface area contributed by atoms with Crippen LogP contribution in [0.1, 0.15) is 33.1 Å². The van der Waals surface area contributed by atoms with Crippen LogP contribution in [-0.4, -0.2) is 28.5 Å². The van der Waals surface area contributed by atoms with Crippen LogP contribution in [0, 0.1) is 5.92 Å². The van der Waals surface area contributed by atoms with Crippen molar-refractivity contribution in [1.29, 1.82) is 0 Å². The standard InChI is InChI=1S/C18H20N2O4/c1-18(2,3)17-19-9-14(24-17)11-4-6-13(7-5-11)20-10-12(16(22)23)8-15(20)21/h4-7,9,12H,8,10H2,1-3H3,(H,22,23). The van der Waals surface area contributed by atoms with Gasteiger partial charge in [-0.2, -0.15) is 0 Å². The minimum Gasteiger partial charge on any atom is -0.481 e. The van der Waals surface area contributed by atoms with E-state index < -0.39 is 11.9 Å². The van der Waals surface area contributed by atoms with E-state index in [-0.39, 0.29) is 24.3 Å². The van der Waals surface area contributed by atoms with Crippen LogP contribution in [0.15, 0.2) is 34.9 Å². The molecule has 1 saturated heterocycles. The van der Waals surface area contributed by atoms with Crippen molar-refractivity contribution in [3.05, 3.63) is 36.4 Å². The molecule has 1 N–H and O–H groups in total. The van der Waals surface area contributed by atoms with Crippen LogP contribution in [0.3, 0.4) is 0 Å². The lowest BCUT2D eigenvalue weighted by atomic mass is 9.97. The fourth-order valence-corrected chi connectivity index (χ4v) is 2.68. The predicted octanol–water partition coefficient (Wildman–Crippen LogP) is 3.08. The molecule has 1 aliphatic rings. The van der Waals surface area contributed by atoms with E-state index >= 15 is 0 Å². The Bertz CT molecular complexity index is 771. The molecule has 6 nitrogen and oxygen atoms in total. The van der Waals surface area contributed by atoms with Crippen molar-refractivity contribution in [3.8, 4) is 11.3 Å². The van der Waals surface area contributed by atoms with Crippen molar-refractivity contribution in [2.24, 2.45) is 5.92 Å². The summed E-state index contributed by atoms with van der Waals surface area (Å²) in [5.41, 5.74) is 1.40. The molecule has 2 aromatic rings. The summed E-state index contributed by atoms with van der Waals surface area (Å²) in [7, 11) is 0. The highest BCUT2D eigenvalue weighted by atomic mass is 16.4. The number of carbonyl (C=O) groups excluding carboxylic acids is 1. The summed E-state index contributed by atoms with van der Waals surface area (Å²) in [6.07, 6.45) is 1.74. The first-order valence-electron chi connectivity index (χ1n) is 7.85. The zero-order valence-electron chi connectivity index (χ0n) is 13.9. The minimum absolute atomic E-state index is 0.0497. The van der Waals surface area contributed by atoms with E-state index in [4.69, 9.17) is 9.52 Å². The van der Waals surface area contributed by atoms with Crippen molar-refractivity contribution >= 4 is 17.6 Å². The number of carboxylic acids is 1. The van der Waals surface area contributed by atoms with Gasteiger partial charge >= 0.3 is 5.97 Å². The largest absolute Gasteiger partial charge is 0.481 e. The smallest absolute Gasteiger partial charge is 0.308 e. The molecule has 6 heteroatoms. The summed E-state index contributed by atoms with van der Waals surface area (Å²) in [4.78, 5) is 28.9. The predicted molar refractivity (Wildman–Crippen MR) is 88.7 cm³/mol. The normalized spacial score (nSPS) is 18.2. The fourth-order valence-electron chi connectivity index (χ4n) is 2.68. The first-order valence-corrected chi connectivity index (χ1v) is 7.85. The minimum atomic E-state index is -0.932. The quantitative estimate of drug-likeness (QED) is 0.936. The average molecular weight is 328 g/mol. The van der Waals surface area contributed by atoms with Gasteiger partial charge in [-0.15, -0.1) is 0 Å². The third-order valence-corrected chi connectivity index (χ3v) is 4.09. The van der Waals surface area contributed by atoms with E-state index in [1.165, 1.54) is 4.90 Å². The Morgan fingerprint density at radius 3 is 2.46 bits per heavy atom. The number of hydrogen-bond acceptors (Lipinski definition) is 4. The number of amides is 1. The zero-order valence-corrected chi connectivity index (χ0v) is 13.9. The van der Waals surface area contributed by atoms with Gasteiger partial charge in [0.1, 0.15) is 0 Å². The number of nitrogens with zero attached hydrogens (tertiary/aromatic N) is 2. The van der Waals surface area contributed by atoms with Crippen molar-refractivity contribution in [2.75, 3.05) is 11.4 Å². The highest BCUT2D eigenvalue weighted by molar-refractivity contribution is 5.99. The number of aromatic nitrogens is 1. The molecule has 1 amide bonds. The second-order valence-electron chi connectivity index (χ2n) is 7.07. The zero-order chi connectivity index (χ0) is 17.5. The van der Waals surface area contributed by atoms with Crippen LogP contribution in [0.25, 0.3) is 11.3 Å². The van der Waals surface area contributed by atoms with E-state index in [1.54, 1.807) is 18.3 Å². The summed E-state index contributed by atoms with van der Waals surface area (Å²) in [6.45, 7) is 6.31. The molecule has 0 aliphatic carbocycles. The molecule has 1 unspecified atom stereocenters. The summed E-state index contributed by atoms with van der Waals surface area (Å²) in [6, 6.07) is 7.31. The van der Waals surface area contributed by atoms with E-state index in [2.05, 4.69) is 4.98 Å². The molecule has 24 heavy (non-hydrogen) atoms. The van der Waals surface area contributed by atoms with Crippen molar-refractivity contribution in [3.63, 3.8) is 0 Å². The fraction of sp³-hybridized carbons (Fsp3) is 0.389. The number of benzene rings is 1. The first kappa shape index (κ1) is 16.2. The van der Waals surface area contributed by atoms with Crippen molar-refractivity contribution in [2.45, 2.75) is 32.6 Å². The summed E-state index contributed by atoms with van der Waals surface area (Å²) < 4.78 is 5.80. The molecule has 126 valence electrons. The number of rotatable bonds is 3. The van der Waals surface area contributed by atoms with Crippen molar-refractivity contribution < 1.29 is 19.1 Å². The Labute approximate surface area is 140 Å². The van der Waals surface area contributed by atoms with Gasteiger partial charge in [0.25, 0.3) is 0 Å². The van der Waals surface area contributed by atoms with Gasteiger partial charge in [0, 0.05) is 29.6 Å². The Morgan fingerprint density at radius 2 is 1.96 bits per heavy atom. The first-order chi connectivity index (χ1) is 11.3. The average Bonchev–Trinajstić information content (AvgIpc) is 3.14. The SMILES string of the molecule is CC(C)(C)c1ncc(-c2ccc(N3CC(C(=O)O)CC3=O)cc2)o1. The molecule has 1 fully saturated rings. The second kappa shape index (κ2) is 5.78. The molecule has 1 aromatic carbocycles. The van der Waals surface area contributed by atoms with Gasteiger partial charge in [0.15, 0.2) is 11.7 Å². The van der Waals surface area contributed by atoms with Gasteiger partial charge in [0.05, 0.1) is 12.1 Å². The monoisotopic (exact) mass is 328 g/mol. The molecular formula is C18H20N2O4. The maximum Gasteiger partial charge on any atom is 0.308 e. The lowest BCUT2D eigenvalue weighted by molar-refractivity contribution is -0.141. The molecule has 0 bridgehead atoms. The molecule has 0 spiro atoms. The molecule has 3 rings (SSSR count). The van der Waals surface area contributed by atoms with Gasteiger partial charge in [0.2, 0.25) is 5.91 Å². The molecule has 1 aromatic heterocycles. The lowest BCUT2D eigenvalue weighted by Crippen LogP contribution is -2.25. The number of oxazole rings is 1. The summed E-state index contributed by atoms with van der Waals surface area (Å²) in [5, 5.41) is 9.06. The topological polar surface area (TPSA) is 83.6 Å². The van der Waals surface area contributed by atoms with Gasteiger partial charge < -0.3 is 14.4 Å². The Kier molecular flexibility index (Phi) is 3.91. The third-order valence-electron chi connectivity index (χ3n) is 4.09. The van der Waals surface area contributed by atoms with Crippen LogP contribution < -0.4 is 4.90 Å². The second-order valence-corrected chi connectivity index (χ2v) is 7.07. The van der Waals surface area contributed by atoms with Crippen LogP contribution in [-0.2, 0) is 15.0 Å². The molecular weight excluding hydrogens is 308 g/mol. The molecule has 1 aliphatic heterocycles. The molecule has 1 atom stereocenters. The molecule has 0 radical (unpaired) electrons. The summed E-state index contributed by atoms with van der Waals surface area (Å²) >= 11 is 0. The Morgan fingerprint density at radius 1 is 1.29 bits per heavy atom. The maximum absolute atomic E-state index is 12.0. The van der Waals surface area contributed by atoms with E-state index in [9.17, 15) is 9.59 Å². The highest BCUT2D eigenvalue weighted by Crippen LogP contribution is 2.30. The molecule has 2 heterocycles. The number of carboxylic acid groups (broad SMARTS) is 1. The van der Waals surface area contributed by atoms with E-state index in [0.717, 1.165) is 5.56 Å². The highest BCUT2D eigenvalue weighted by Gasteiger charge is 2.35. The van der Waals surface area contributed by atoms with Crippen molar-refractivity contribution in [1.82, 2.24) is 4.98 Å². The number of hydrogen-bond donors (Lipinski definition) is 1. The van der Waals surface area contributed by atoms with Gasteiger partial charge in [-0.25, -0.2) is 4.98 Å². The van der Waals surface area contributed by atoms with Crippen LogP contribution >= 0.6 is 0 Å². The van der Waals surface area contributed by atoms with Gasteiger partial charge in [-0.1, -0.05) is 20.8 Å². The van der Waals surface area contributed by atoms with Gasteiger partial charge in [-0.05, 0) is 24.3 Å². The van der Waals surface area contributed by atoms with E-state index in [0.29, 0.717) is 17.3 Å². The lowest BCUT2D eigenvalue weighted by Gasteiger charge is -2.16. The van der Waals surface area contributed by atoms with Crippen LogP contribution in [0.5, 0.6) is 0 Å². The number of carbonyl (C=O) groups is 2. The molecule has 0 saturated carbocycles. The van der Waals surface area contributed by atoms with Gasteiger partial charge in [-0.3, -0.25) is 9.59 Å². The number of aliphatic carboxylic acids is 1. The number of anilines is 1. The van der Waals surface area contributed by atoms with Crippen LogP contribution in [0.2, 0.25) is 0 Å². The van der Waals surface area contributed by atoms with Crippen LogP contribution in [0.4, 0.5) is 5.69 Å². The summed E-state index contributed by atoms with van der Waals surface area (Å²) in [5.74, 6) is -0.396. The Balaban J connectivity index is 1.80. The maximum atomic E-state index is 12.0.